The number of nitrogens with one attached hydrogen (secondary N) is 2. The number of carbonyl (C=O) groups is 1. The number of anilines is 1. The van der Waals surface area contributed by atoms with Gasteiger partial charge in [0, 0.05) is 30.6 Å². The molecule has 1 saturated heterocycles. The summed E-state index contributed by atoms with van der Waals surface area (Å²) in [6.45, 7) is 6.28. The van der Waals surface area contributed by atoms with Gasteiger partial charge in [-0.15, -0.1) is 0 Å². The van der Waals surface area contributed by atoms with Crippen LogP contribution in [0.4, 0.5) is 19.3 Å². The topological polar surface area (TPSA) is 94.2 Å². The standard InChI is InChI=1S/C34H36F2N4O5/c1-22(23-6-8-24(35)9-7-23)38-34(41)39-25-10-11-28(26(36)20-25)45-29-12-13-37-27-21-30(32-33(31(27)29)44-19-18-43-32)42-17-5-16-40-14-3-2-4-15-40/h6-13,20-22H,2-5,14-19H2,1H3,(H2,38,39,41)/t22-/m0/s1. The van der Waals surface area contributed by atoms with E-state index in [9.17, 15) is 9.18 Å². The molecule has 4 aromatic rings. The lowest BCUT2D eigenvalue weighted by molar-refractivity contribution is 0.161. The van der Waals surface area contributed by atoms with Gasteiger partial charge in [0.1, 0.15) is 24.8 Å². The van der Waals surface area contributed by atoms with Crippen molar-refractivity contribution in [3.63, 3.8) is 0 Å². The number of fused-ring (bicyclic) bond motifs is 3. The summed E-state index contributed by atoms with van der Waals surface area (Å²) < 4.78 is 52.6. The van der Waals surface area contributed by atoms with Gasteiger partial charge in [-0.05, 0) is 75.2 Å². The highest BCUT2D eigenvalue weighted by molar-refractivity contribution is 5.95. The predicted molar refractivity (Wildman–Crippen MR) is 167 cm³/mol. The van der Waals surface area contributed by atoms with Crippen LogP contribution in [0.25, 0.3) is 10.9 Å². The molecule has 11 heteroatoms. The molecule has 1 atom stereocenters. The van der Waals surface area contributed by atoms with Crippen LogP contribution in [-0.4, -0.2) is 55.4 Å². The summed E-state index contributed by atoms with van der Waals surface area (Å²) in [6, 6.07) is 12.5. The molecule has 2 amide bonds. The molecular weight excluding hydrogens is 582 g/mol. The second-order valence-electron chi connectivity index (χ2n) is 11.2. The average Bonchev–Trinajstić information content (AvgIpc) is 3.05. The summed E-state index contributed by atoms with van der Waals surface area (Å²) >= 11 is 0. The van der Waals surface area contributed by atoms with Gasteiger partial charge in [-0.25, -0.2) is 13.6 Å². The second-order valence-corrected chi connectivity index (χ2v) is 11.2. The molecule has 236 valence electrons. The Bertz CT molecular complexity index is 1650. The lowest BCUT2D eigenvalue weighted by atomic mass is 10.1. The van der Waals surface area contributed by atoms with Crippen molar-refractivity contribution < 1.29 is 32.5 Å². The summed E-state index contributed by atoms with van der Waals surface area (Å²) in [5.74, 6) is 0.726. The molecule has 1 fully saturated rings. The highest BCUT2D eigenvalue weighted by Crippen LogP contribution is 2.48. The van der Waals surface area contributed by atoms with Gasteiger partial charge >= 0.3 is 6.03 Å². The van der Waals surface area contributed by atoms with Crippen molar-refractivity contribution in [3.8, 4) is 28.7 Å². The number of urea groups is 1. The molecule has 2 N–H and O–H groups in total. The SMILES string of the molecule is C[C@H](NC(=O)Nc1ccc(Oc2ccnc3cc(OCCCN4CCCCC4)c4c(c23)OCCO4)c(F)c1)c1ccc(F)cc1. The number of piperidine rings is 1. The highest BCUT2D eigenvalue weighted by atomic mass is 19.1. The third-order valence-electron chi connectivity index (χ3n) is 7.90. The van der Waals surface area contributed by atoms with Gasteiger partial charge in [0.15, 0.2) is 23.1 Å². The van der Waals surface area contributed by atoms with E-state index in [4.69, 9.17) is 18.9 Å². The molecule has 3 aromatic carbocycles. The van der Waals surface area contributed by atoms with Gasteiger partial charge in [-0.1, -0.05) is 18.6 Å². The lowest BCUT2D eigenvalue weighted by Crippen LogP contribution is -2.31. The Balaban J connectivity index is 1.14. The minimum Gasteiger partial charge on any atom is -0.489 e. The molecule has 6 rings (SSSR count). The molecule has 1 aromatic heterocycles. The van der Waals surface area contributed by atoms with E-state index in [2.05, 4.69) is 20.5 Å². The maximum atomic E-state index is 15.2. The van der Waals surface area contributed by atoms with Crippen molar-refractivity contribution in [1.82, 2.24) is 15.2 Å². The first-order chi connectivity index (χ1) is 21.9. The van der Waals surface area contributed by atoms with E-state index in [-0.39, 0.29) is 23.3 Å². The normalized spacial score (nSPS) is 15.4. The number of likely N-dealkylation sites (tertiary alicyclic amines) is 1. The van der Waals surface area contributed by atoms with Gasteiger partial charge < -0.3 is 34.5 Å². The van der Waals surface area contributed by atoms with Crippen molar-refractivity contribution in [3.05, 3.63) is 78.0 Å². The number of hydrogen-bond acceptors (Lipinski definition) is 7. The van der Waals surface area contributed by atoms with Crippen molar-refractivity contribution in [2.24, 2.45) is 0 Å². The second kappa shape index (κ2) is 14.0. The predicted octanol–water partition coefficient (Wildman–Crippen LogP) is 7.21. The maximum Gasteiger partial charge on any atom is 0.319 e. The fraction of sp³-hybridized carbons (Fsp3) is 0.353. The minimum atomic E-state index is -0.677. The van der Waals surface area contributed by atoms with Gasteiger partial charge in [0.25, 0.3) is 0 Å². The monoisotopic (exact) mass is 618 g/mol. The fourth-order valence-electron chi connectivity index (χ4n) is 5.60. The van der Waals surface area contributed by atoms with Crippen molar-refractivity contribution in [1.29, 1.82) is 0 Å². The molecule has 0 radical (unpaired) electrons. The molecule has 0 bridgehead atoms. The maximum absolute atomic E-state index is 15.2. The zero-order valence-corrected chi connectivity index (χ0v) is 25.1. The number of carbonyl (C=O) groups excluding carboxylic acids is 1. The van der Waals surface area contributed by atoms with Crippen LogP contribution in [0.2, 0.25) is 0 Å². The Morgan fingerprint density at radius 1 is 0.956 bits per heavy atom. The van der Waals surface area contributed by atoms with E-state index in [1.165, 1.54) is 49.6 Å². The van der Waals surface area contributed by atoms with Crippen molar-refractivity contribution in [2.75, 3.05) is 44.8 Å². The van der Waals surface area contributed by atoms with Crippen LogP contribution in [0.3, 0.4) is 0 Å². The molecule has 45 heavy (non-hydrogen) atoms. The molecular formula is C34H36F2N4O5. The third kappa shape index (κ3) is 7.37. The number of aromatic nitrogens is 1. The van der Waals surface area contributed by atoms with Crippen LogP contribution >= 0.6 is 0 Å². The van der Waals surface area contributed by atoms with Gasteiger partial charge in [0.2, 0.25) is 5.75 Å². The number of hydrogen-bond donors (Lipinski definition) is 2. The lowest BCUT2D eigenvalue weighted by Gasteiger charge is -2.26. The molecule has 0 unspecified atom stereocenters. The summed E-state index contributed by atoms with van der Waals surface area (Å²) in [5, 5.41) is 5.92. The summed E-state index contributed by atoms with van der Waals surface area (Å²) in [4.78, 5) is 19.5. The molecule has 9 nitrogen and oxygen atoms in total. The number of halogens is 2. The molecule has 0 saturated carbocycles. The van der Waals surface area contributed by atoms with Gasteiger partial charge in [-0.3, -0.25) is 4.98 Å². The van der Waals surface area contributed by atoms with Crippen LogP contribution in [0.5, 0.6) is 28.7 Å². The first-order valence-electron chi connectivity index (χ1n) is 15.3. The quantitative estimate of drug-likeness (QED) is 0.181. The van der Waals surface area contributed by atoms with E-state index in [0.717, 1.165) is 31.6 Å². The Morgan fingerprint density at radius 3 is 2.51 bits per heavy atom. The fourth-order valence-corrected chi connectivity index (χ4v) is 5.60. The summed E-state index contributed by atoms with van der Waals surface area (Å²) in [5.41, 5.74) is 1.53. The number of ether oxygens (including phenoxy) is 4. The van der Waals surface area contributed by atoms with Crippen LogP contribution in [0, 0.1) is 11.6 Å². The third-order valence-corrected chi connectivity index (χ3v) is 7.90. The Hall–Kier alpha value is -4.64. The number of nitrogens with zero attached hydrogens (tertiary/aromatic N) is 2. The van der Waals surface area contributed by atoms with E-state index >= 15 is 4.39 Å². The van der Waals surface area contributed by atoms with E-state index in [1.807, 2.05) is 0 Å². The number of amides is 2. The number of pyridine rings is 1. The zero-order chi connectivity index (χ0) is 31.2. The van der Waals surface area contributed by atoms with E-state index in [1.54, 1.807) is 37.4 Å². The molecule has 2 aliphatic heterocycles. The summed E-state index contributed by atoms with van der Waals surface area (Å²) in [6.07, 6.45) is 6.28. The number of rotatable bonds is 10. The summed E-state index contributed by atoms with van der Waals surface area (Å²) in [7, 11) is 0. The smallest absolute Gasteiger partial charge is 0.319 e. The first kappa shape index (κ1) is 30.4. The number of benzene rings is 3. The van der Waals surface area contributed by atoms with Crippen LogP contribution < -0.4 is 29.6 Å². The molecule has 0 aliphatic carbocycles. The van der Waals surface area contributed by atoms with Gasteiger partial charge in [0.05, 0.1) is 23.6 Å². The largest absolute Gasteiger partial charge is 0.489 e. The highest BCUT2D eigenvalue weighted by Gasteiger charge is 2.25. The van der Waals surface area contributed by atoms with Crippen molar-refractivity contribution in [2.45, 2.75) is 38.6 Å². The molecule has 3 heterocycles. The van der Waals surface area contributed by atoms with E-state index < -0.39 is 11.8 Å². The Labute approximate surface area is 260 Å². The Kier molecular flexibility index (Phi) is 9.44. The average molecular weight is 619 g/mol. The zero-order valence-electron chi connectivity index (χ0n) is 25.1. The van der Waals surface area contributed by atoms with Gasteiger partial charge in [-0.2, -0.15) is 0 Å². The molecule has 2 aliphatic rings. The van der Waals surface area contributed by atoms with Crippen LogP contribution in [0.15, 0.2) is 60.8 Å². The Morgan fingerprint density at radius 2 is 1.73 bits per heavy atom. The first-order valence-corrected chi connectivity index (χ1v) is 15.3. The van der Waals surface area contributed by atoms with Crippen LogP contribution in [-0.2, 0) is 0 Å². The van der Waals surface area contributed by atoms with Crippen LogP contribution in [0.1, 0.15) is 44.2 Å². The van der Waals surface area contributed by atoms with Crippen molar-refractivity contribution >= 4 is 22.6 Å². The van der Waals surface area contributed by atoms with E-state index in [0.29, 0.717) is 53.7 Å². The molecule has 0 spiro atoms. The minimum absolute atomic E-state index is 0.0448.